The Morgan fingerprint density at radius 1 is 0.963 bits per heavy atom. The smallest absolute Gasteiger partial charge is 0.191 e. The van der Waals surface area contributed by atoms with Crippen LogP contribution in [0.2, 0.25) is 0 Å². The lowest BCUT2D eigenvalue weighted by molar-refractivity contribution is 0.211. The zero-order valence-corrected chi connectivity index (χ0v) is 18.7. The van der Waals surface area contributed by atoms with Crippen LogP contribution in [0.15, 0.2) is 53.5 Å². The fraction of sp³-hybridized carbons (Fsp3) is 0.381. The van der Waals surface area contributed by atoms with E-state index in [1.807, 2.05) is 0 Å². The zero-order chi connectivity index (χ0) is 18.6. The molecule has 148 valence electrons. The Balaban J connectivity index is 0.00000364. The van der Waals surface area contributed by atoms with E-state index in [4.69, 9.17) is 4.74 Å². The molecule has 0 aliphatic carbocycles. The topological polar surface area (TPSA) is 57.7 Å². The van der Waals surface area contributed by atoms with Gasteiger partial charge in [0.1, 0.15) is 0 Å². The van der Waals surface area contributed by atoms with Crippen molar-refractivity contribution in [3.05, 3.63) is 65.2 Å². The Labute approximate surface area is 180 Å². The summed E-state index contributed by atoms with van der Waals surface area (Å²) in [7, 11) is 1.71. The highest BCUT2D eigenvalue weighted by molar-refractivity contribution is 14.0. The fourth-order valence-electron chi connectivity index (χ4n) is 2.43. The van der Waals surface area contributed by atoms with E-state index >= 15 is 0 Å². The van der Waals surface area contributed by atoms with Crippen molar-refractivity contribution in [2.75, 3.05) is 32.1 Å². The van der Waals surface area contributed by atoms with Gasteiger partial charge >= 0.3 is 0 Å². The van der Waals surface area contributed by atoms with Crippen LogP contribution in [0.1, 0.15) is 23.6 Å². The van der Waals surface area contributed by atoms with Gasteiger partial charge in [-0.05, 0) is 37.1 Å². The monoisotopic (exact) mass is 482 g/mol. The van der Waals surface area contributed by atoms with Crippen molar-refractivity contribution in [2.45, 2.75) is 26.9 Å². The first-order valence-electron chi connectivity index (χ1n) is 9.10. The number of aliphatic imine (C=N–C) groups is 1. The maximum Gasteiger partial charge on any atom is 0.191 e. The molecule has 0 aromatic heterocycles. The fourth-order valence-corrected chi connectivity index (χ4v) is 2.43. The normalized spacial score (nSPS) is 10.9. The molecule has 2 rings (SSSR count). The van der Waals surface area contributed by atoms with E-state index in [0.717, 1.165) is 31.3 Å². The summed E-state index contributed by atoms with van der Waals surface area (Å²) in [5, 5.41) is 9.99. The summed E-state index contributed by atoms with van der Waals surface area (Å²) < 4.78 is 5.04. The van der Waals surface area contributed by atoms with Crippen LogP contribution in [0.3, 0.4) is 0 Å². The molecule has 3 N–H and O–H groups in total. The number of anilines is 1. The van der Waals surface area contributed by atoms with Gasteiger partial charge in [-0.25, -0.2) is 4.99 Å². The third kappa shape index (κ3) is 9.10. The van der Waals surface area contributed by atoms with Gasteiger partial charge in [0.05, 0.1) is 13.2 Å². The number of halogens is 1. The minimum Gasteiger partial charge on any atom is -0.383 e. The molecule has 0 saturated carbocycles. The molecule has 0 bridgehead atoms. The van der Waals surface area contributed by atoms with Gasteiger partial charge in [-0.1, -0.05) is 42.0 Å². The quantitative estimate of drug-likeness (QED) is 0.220. The SMILES string of the molecule is CCNC(=NCc1ccc(NCCOC)cc1)NCc1ccc(C)cc1.I. The third-order valence-electron chi connectivity index (χ3n) is 3.93. The van der Waals surface area contributed by atoms with Crippen molar-refractivity contribution in [3.8, 4) is 0 Å². The van der Waals surface area contributed by atoms with Crippen molar-refractivity contribution in [2.24, 2.45) is 4.99 Å². The van der Waals surface area contributed by atoms with Gasteiger partial charge in [-0.3, -0.25) is 0 Å². The van der Waals surface area contributed by atoms with E-state index in [-0.39, 0.29) is 24.0 Å². The summed E-state index contributed by atoms with van der Waals surface area (Å²) in [5.74, 6) is 0.829. The maximum atomic E-state index is 5.04. The molecule has 6 heteroatoms. The lowest BCUT2D eigenvalue weighted by Crippen LogP contribution is -2.36. The molecule has 0 saturated heterocycles. The molecule has 0 amide bonds. The largest absolute Gasteiger partial charge is 0.383 e. The third-order valence-corrected chi connectivity index (χ3v) is 3.93. The molecule has 0 heterocycles. The van der Waals surface area contributed by atoms with Crippen LogP contribution in [-0.4, -0.2) is 32.8 Å². The van der Waals surface area contributed by atoms with Gasteiger partial charge in [0.2, 0.25) is 0 Å². The Kier molecular flexibility index (Phi) is 11.5. The highest BCUT2D eigenvalue weighted by Gasteiger charge is 1.99. The molecule has 0 atom stereocenters. The molecular formula is C21H31IN4O. The van der Waals surface area contributed by atoms with Crippen LogP contribution in [0, 0.1) is 6.92 Å². The first kappa shape index (κ1) is 23.2. The second-order valence-corrected chi connectivity index (χ2v) is 6.15. The molecule has 0 unspecified atom stereocenters. The minimum atomic E-state index is 0. The molecule has 27 heavy (non-hydrogen) atoms. The van der Waals surface area contributed by atoms with E-state index < -0.39 is 0 Å². The van der Waals surface area contributed by atoms with Crippen LogP contribution in [-0.2, 0) is 17.8 Å². The Hall–Kier alpha value is -1.80. The van der Waals surface area contributed by atoms with Gasteiger partial charge in [-0.15, -0.1) is 24.0 Å². The molecule has 0 spiro atoms. The molecule has 0 radical (unpaired) electrons. The highest BCUT2D eigenvalue weighted by Crippen LogP contribution is 2.10. The van der Waals surface area contributed by atoms with Gasteiger partial charge in [0.15, 0.2) is 5.96 Å². The lowest BCUT2D eigenvalue weighted by Gasteiger charge is -2.12. The number of aryl methyl sites for hydroxylation is 1. The lowest BCUT2D eigenvalue weighted by atomic mass is 10.1. The van der Waals surface area contributed by atoms with Crippen molar-refractivity contribution in [3.63, 3.8) is 0 Å². The second-order valence-electron chi connectivity index (χ2n) is 6.15. The van der Waals surface area contributed by atoms with Gasteiger partial charge in [-0.2, -0.15) is 0 Å². The predicted molar refractivity (Wildman–Crippen MR) is 125 cm³/mol. The van der Waals surface area contributed by atoms with E-state index in [9.17, 15) is 0 Å². The molecule has 0 aliphatic rings. The van der Waals surface area contributed by atoms with Crippen molar-refractivity contribution >= 4 is 35.6 Å². The standard InChI is InChI=1S/C21H30N4O.HI/c1-4-22-21(24-15-18-7-5-17(2)6-8-18)25-16-19-9-11-20(12-10-19)23-13-14-26-3;/h5-12,23H,4,13-16H2,1-3H3,(H2,22,24,25);1H. The van der Waals surface area contributed by atoms with E-state index in [2.05, 4.69) is 83.3 Å². The summed E-state index contributed by atoms with van der Waals surface area (Å²) in [4.78, 5) is 4.68. The summed E-state index contributed by atoms with van der Waals surface area (Å²) in [6, 6.07) is 16.9. The average molecular weight is 482 g/mol. The van der Waals surface area contributed by atoms with Gasteiger partial charge in [0.25, 0.3) is 0 Å². The van der Waals surface area contributed by atoms with Crippen LogP contribution >= 0.6 is 24.0 Å². The van der Waals surface area contributed by atoms with Crippen molar-refractivity contribution < 1.29 is 4.74 Å². The number of methoxy groups -OCH3 is 1. The molecular weight excluding hydrogens is 451 g/mol. The highest BCUT2D eigenvalue weighted by atomic mass is 127. The van der Waals surface area contributed by atoms with Gasteiger partial charge < -0.3 is 20.7 Å². The number of benzene rings is 2. The number of ether oxygens (including phenoxy) is 1. The van der Waals surface area contributed by atoms with E-state index in [0.29, 0.717) is 13.2 Å². The Morgan fingerprint density at radius 3 is 2.26 bits per heavy atom. The van der Waals surface area contributed by atoms with Crippen molar-refractivity contribution in [1.82, 2.24) is 10.6 Å². The van der Waals surface area contributed by atoms with Crippen LogP contribution in [0.5, 0.6) is 0 Å². The summed E-state index contributed by atoms with van der Waals surface area (Å²) in [6.07, 6.45) is 0. The predicted octanol–water partition coefficient (Wildman–Crippen LogP) is 3.93. The molecule has 2 aromatic rings. The average Bonchev–Trinajstić information content (AvgIpc) is 2.66. The van der Waals surface area contributed by atoms with Crippen LogP contribution in [0.4, 0.5) is 5.69 Å². The van der Waals surface area contributed by atoms with E-state index in [1.54, 1.807) is 7.11 Å². The number of nitrogens with zero attached hydrogens (tertiary/aromatic N) is 1. The Morgan fingerprint density at radius 2 is 1.63 bits per heavy atom. The van der Waals surface area contributed by atoms with E-state index in [1.165, 1.54) is 16.7 Å². The summed E-state index contributed by atoms with van der Waals surface area (Å²) in [5.41, 5.74) is 4.79. The summed E-state index contributed by atoms with van der Waals surface area (Å²) >= 11 is 0. The second kappa shape index (κ2) is 13.4. The molecule has 0 aliphatic heterocycles. The first-order chi connectivity index (χ1) is 12.7. The molecule has 0 fully saturated rings. The molecule has 5 nitrogen and oxygen atoms in total. The number of hydrogen-bond donors (Lipinski definition) is 3. The number of hydrogen-bond acceptors (Lipinski definition) is 3. The minimum absolute atomic E-state index is 0. The number of guanidine groups is 1. The Bertz CT molecular complexity index is 672. The van der Waals surface area contributed by atoms with Crippen LogP contribution in [0.25, 0.3) is 0 Å². The zero-order valence-electron chi connectivity index (χ0n) is 16.4. The number of rotatable bonds is 9. The summed E-state index contributed by atoms with van der Waals surface area (Å²) in [6.45, 7) is 7.91. The maximum absolute atomic E-state index is 5.04. The van der Waals surface area contributed by atoms with Crippen LogP contribution < -0.4 is 16.0 Å². The van der Waals surface area contributed by atoms with Gasteiger partial charge in [0, 0.05) is 32.4 Å². The molecule has 2 aromatic carbocycles. The first-order valence-corrected chi connectivity index (χ1v) is 9.10. The van der Waals surface area contributed by atoms with Crippen molar-refractivity contribution in [1.29, 1.82) is 0 Å². The number of nitrogens with one attached hydrogen (secondary N) is 3.